The van der Waals surface area contributed by atoms with Crippen LogP contribution in [0.2, 0.25) is 0 Å². The molecule has 46 valence electrons. The summed E-state index contributed by atoms with van der Waals surface area (Å²) in [7, 11) is 0. The Morgan fingerprint density at radius 1 is 1.62 bits per heavy atom. The quantitative estimate of drug-likeness (QED) is 0.276. The summed E-state index contributed by atoms with van der Waals surface area (Å²) >= 11 is 0. The molecule has 0 saturated heterocycles. The summed E-state index contributed by atoms with van der Waals surface area (Å²) in [5, 5.41) is 3.50. The first-order valence-corrected chi connectivity index (χ1v) is 1.77. The molecule has 1 heterocycles. The van der Waals surface area contributed by atoms with E-state index in [4.69, 9.17) is 11.7 Å². The van der Waals surface area contributed by atoms with Crippen molar-refractivity contribution in [2.75, 3.05) is 11.7 Å². The van der Waals surface area contributed by atoms with Crippen LogP contribution in [0, 0.1) is 0 Å². The lowest BCUT2D eigenvalue weighted by Gasteiger charge is -1.70. The third kappa shape index (κ3) is 1.27. The van der Waals surface area contributed by atoms with E-state index in [9.17, 15) is 0 Å². The zero-order valence-electron chi connectivity index (χ0n) is 4.03. The van der Waals surface area contributed by atoms with Gasteiger partial charge in [0.15, 0.2) is 12.4 Å². The molecule has 0 aliphatic rings. The number of hydrogen-bond donors (Lipinski definition) is 2. The monoisotopic (exact) mass is 135 g/mol. The first-order valence-electron chi connectivity index (χ1n) is 1.77. The van der Waals surface area contributed by atoms with Gasteiger partial charge in [-0.05, 0) is 9.58 Å². The molecule has 1 aromatic rings. The SMILES string of the molecule is Nn1cc[n+](N)n1.[Cl-]. The second kappa shape index (κ2) is 2.37. The highest BCUT2D eigenvalue weighted by Crippen LogP contribution is 1.58. The van der Waals surface area contributed by atoms with Crippen LogP contribution in [0.1, 0.15) is 0 Å². The maximum absolute atomic E-state index is 5.08. The molecular weight excluding hydrogens is 130 g/mol. The molecular formula is C2H6ClN5. The minimum Gasteiger partial charge on any atom is -1.00 e. The average Bonchev–Trinajstić information content (AvgIpc) is 1.87. The molecule has 0 aliphatic carbocycles. The summed E-state index contributed by atoms with van der Waals surface area (Å²) in [6, 6.07) is 0. The van der Waals surface area contributed by atoms with Gasteiger partial charge in [-0.3, -0.25) is 0 Å². The number of hydrogen-bond acceptors (Lipinski definition) is 3. The van der Waals surface area contributed by atoms with E-state index in [1.165, 1.54) is 0 Å². The number of halogens is 1. The van der Waals surface area contributed by atoms with Crippen molar-refractivity contribution < 1.29 is 17.2 Å². The molecule has 4 N–H and O–H groups in total. The lowest BCUT2D eigenvalue weighted by molar-refractivity contribution is -0.701. The third-order valence-corrected chi connectivity index (χ3v) is 0.579. The van der Waals surface area contributed by atoms with Crippen molar-refractivity contribution in [2.45, 2.75) is 0 Å². The Bertz CT molecular complexity index is 143. The molecule has 5 nitrogen and oxygen atoms in total. The van der Waals surface area contributed by atoms with E-state index in [-0.39, 0.29) is 12.4 Å². The molecule has 0 aliphatic heterocycles. The van der Waals surface area contributed by atoms with Crippen LogP contribution in [-0.4, -0.2) is 10.0 Å². The number of nitrogens with zero attached hydrogens (tertiary/aromatic N) is 3. The van der Waals surface area contributed by atoms with Crippen molar-refractivity contribution in [1.29, 1.82) is 0 Å². The van der Waals surface area contributed by atoms with Crippen molar-refractivity contribution in [2.24, 2.45) is 0 Å². The molecule has 0 saturated carbocycles. The number of nitrogens with two attached hydrogens (primary N) is 2. The molecule has 0 atom stereocenters. The minimum atomic E-state index is 0. The van der Waals surface area contributed by atoms with Crippen molar-refractivity contribution in [3.63, 3.8) is 0 Å². The Kier molecular flexibility index (Phi) is 2.08. The molecule has 0 bridgehead atoms. The van der Waals surface area contributed by atoms with E-state index in [0.29, 0.717) is 0 Å². The molecule has 1 aromatic heterocycles. The number of aromatic nitrogens is 3. The minimum absolute atomic E-state index is 0. The van der Waals surface area contributed by atoms with E-state index < -0.39 is 0 Å². The summed E-state index contributed by atoms with van der Waals surface area (Å²) < 4.78 is 0. The Hall–Kier alpha value is -0.970. The summed E-state index contributed by atoms with van der Waals surface area (Å²) in [5.74, 6) is 10.2. The van der Waals surface area contributed by atoms with Gasteiger partial charge in [0.1, 0.15) is 5.21 Å². The summed E-state index contributed by atoms with van der Waals surface area (Å²) in [6.07, 6.45) is 3.08. The fourth-order valence-corrected chi connectivity index (χ4v) is 0.315. The number of nitrogen functional groups attached to an aromatic ring is 2. The van der Waals surface area contributed by atoms with Crippen molar-refractivity contribution in [3.8, 4) is 0 Å². The van der Waals surface area contributed by atoms with E-state index >= 15 is 0 Å². The fraction of sp³-hybridized carbons (Fsp3) is 0. The Morgan fingerprint density at radius 3 is 2.38 bits per heavy atom. The molecule has 1 rings (SSSR count). The van der Waals surface area contributed by atoms with Crippen LogP contribution in [0.5, 0.6) is 0 Å². The summed E-state index contributed by atoms with van der Waals surface area (Å²) in [6.45, 7) is 0. The van der Waals surface area contributed by atoms with Gasteiger partial charge in [-0.15, -0.1) is 0 Å². The zero-order valence-corrected chi connectivity index (χ0v) is 4.78. The molecule has 6 heteroatoms. The maximum atomic E-state index is 5.08. The maximum Gasteiger partial charge on any atom is 0.187 e. The van der Waals surface area contributed by atoms with Crippen LogP contribution in [0.25, 0.3) is 0 Å². The molecule has 0 radical (unpaired) electrons. The largest absolute Gasteiger partial charge is 1.00 e. The van der Waals surface area contributed by atoms with Gasteiger partial charge in [0.25, 0.3) is 0 Å². The van der Waals surface area contributed by atoms with Gasteiger partial charge < -0.3 is 12.4 Å². The van der Waals surface area contributed by atoms with Gasteiger partial charge in [0, 0.05) is 0 Å². The highest BCUT2D eigenvalue weighted by Gasteiger charge is 1.92. The lowest BCUT2D eigenvalue weighted by Crippen LogP contribution is -3.00. The smallest absolute Gasteiger partial charge is 0.187 e. The normalized spacial score (nSPS) is 8.00. The molecule has 0 unspecified atom stereocenters. The van der Waals surface area contributed by atoms with Gasteiger partial charge in [-0.1, -0.05) is 0 Å². The second-order valence-electron chi connectivity index (χ2n) is 1.15. The highest BCUT2D eigenvalue weighted by molar-refractivity contribution is 4.54. The van der Waals surface area contributed by atoms with Crippen molar-refractivity contribution in [3.05, 3.63) is 12.4 Å². The Morgan fingerprint density at radius 2 is 2.25 bits per heavy atom. The molecule has 0 aromatic carbocycles. The Balaban J connectivity index is 0.000000490. The summed E-state index contributed by atoms with van der Waals surface area (Å²) in [5.41, 5.74) is 0. The molecule has 8 heavy (non-hydrogen) atoms. The van der Waals surface area contributed by atoms with Crippen LogP contribution in [-0.2, 0) is 0 Å². The number of rotatable bonds is 0. The van der Waals surface area contributed by atoms with Crippen LogP contribution < -0.4 is 28.9 Å². The van der Waals surface area contributed by atoms with E-state index in [1.54, 1.807) is 12.4 Å². The summed E-state index contributed by atoms with van der Waals surface area (Å²) in [4.78, 5) is 2.25. The fourth-order valence-electron chi connectivity index (χ4n) is 0.315. The van der Waals surface area contributed by atoms with E-state index in [1.807, 2.05) is 0 Å². The molecule has 0 amide bonds. The van der Waals surface area contributed by atoms with Crippen LogP contribution >= 0.6 is 0 Å². The van der Waals surface area contributed by atoms with Crippen LogP contribution in [0.15, 0.2) is 12.4 Å². The molecule has 0 fully saturated rings. The second-order valence-corrected chi connectivity index (χ2v) is 1.15. The first kappa shape index (κ1) is 7.03. The van der Waals surface area contributed by atoms with Gasteiger partial charge in [0.05, 0.1) is 0 Å². The van der Waals surface area contributed by atoms with Gasteiger partial charge in [-0.25, -0.2) is 11.7 Å². The first-order chi connectivity index (χ1) is 3.29. The van der Waals surface area contributed by atoms with E-state index in [0.717, 1.165) is 9.58 Å². The van der Waals surface area contributed by atoms with Gasteiger partial charge in [-0.2, -0.15) is 0 Å². The predicted octanol–water partition coefficient (Wildman–Crippen LogP) is -5.40. The standard InChI is InChI=1S/C2H6N5.ClH/c3-6-1-2-7(4)5-6;/h1-2H,(H4,3,4,5);1H/q+1;/p-1. The van der Waals surface area contributed by atoms with Crippen LogP contribution in [0.4, 0.5) is 0 Å². The average molecular weight is 136 g/mol. The van der Waals surface area contributed by atoms with Crippen LogP contribution in [0.3, 0.4) is 0 Å². The lowest BCUT2D eigenvalue weighted by atomic mass is 11.0. The molecule has 0 spiro atoms. The Labute approximate surface area is 52.2 Å². The van der Waals surface area contributed by atoms with Gasteiger partial charge in [0.2, 0.25) is 0 Å². The third-order valence-electron chi connectivity index (χ3n) is 0.579. The highest BCUT2D eigenvalue weighted by atomic mass is 35.5. The topological polar surface area (TPSA) is 73.7 Å². The predicted molar refractivity (Wildman–Crippen MR) is 22.7 cm³/mol. The van der Waals surface area contributed by atoms with Crippen molar-refractivity contribution in [1.82, 2.24) is 10.0 Å². The van der Waals surface area contributed by atoms with Gasteiger partial charge >= 0.3 is 0 Å². The van der Waals surface area contributed by atoms with Crippen molar-refractivity contribution >= 4 is 0 Å². The zero-order chi connectivity index (χ0) is 5.28. The van der Waals surface area contributed by atoms with E-state index in [2.05, 4.69) is 5.21 Å².